The maximum atomic E-state index is 4.99. The van der Waals surface area contributed by atoms with Crippen molar-refractivity contribution in [1.82, 2.24) is 4.98 Å². The first-order chi connectivity index (χ1) is 5.92. The second-order valence-corrected chi connectivity index (χ2v) is 2.66. The van der Waals surface area contributed by atoms with Crippen LogP contribution >= 0.6 is 0 Å². The lowest BCUT2D eigenvalue weighted by molar-refractivity contribution is 0.623. The molecule has 3 radical (unpaired) electrons. The van der Waals surface area contributed by atoms with Gasteiger partial charge in [-0.3, -0.25) is 4.98 Å². The van der Waals surface area contributed by atoms with Crippen molar-refractivity contribution in [3.05, 3.63) is 36.7 Å². The fourth-order valence-corrected chi connectivity index (χ4v) is 1.35. The molecule has 0 aliphatic carbocycles. The van der Waals surface area contributed by atoms with Crippen LogP contribution in [0.25, 0.3) is 10.8 Å². The topological polar surface area (TPSA) is 22.1 Å². The SMILES string of the molecule is [Si]Oc1cccc2ccncc12. The van der Waals surface area contributed by atoms with Crippen molar-refractivity contribution in [2.45, 2.75) is 0 Å². The third-order valence-corrected chi connectivity index (χ3v) is 1.97. The number of hydrogen-bond donors (Lipinski definition) is 0. The van der Waals surface area contributed by atoms with Gasteiger partial charge in [0, 0.05) is 17.8 Å². The van der Waals surface area contributed by atoms with Crippen molar-refractivity contribution >= 4 is 21.3 Å². The van der Waals surface area contributed by atoms with Gasteiger partial charge in [0.1, 0.15) is 5.75 Å². The zero-order valence-electron chi connectivity index (χ0n) is 6.32. The number of hydrogen-bond acceptors (Lipinski definition) is 2. The molecule has 0 amide bonds. The number of pyridine rings is 1. The van der Waals surface area contributed by atoms with E-state index in [1.165, 1.54) is 0 Å². The molecule has 0 atom stereocenters. The van der Waals surface area contributed by atoms with E-state index < -0.39 is 0 Å². The Hall–Kier alpha value is -1.35. The van der Waals surface area contributed by atoms with E-state index in [-0.39, 0.29) is 0 Å². The second kappa shape index (κ2) is 2.95. The van der Waals surface area contributed by atoms with Crippen molar-refractivity contribution in [2.75, 3.05) is 0 Å². The molecular formula is C9H6NOSi. The molecule has 0 N–H and O–H groups in total. The van der Waals surface area contributed by atoms with Crippen LogP contribution < -0.4 is 4.43 Å². The number of benzene rings is 1. The minimum atomic E-state index is 0.789. The van der Waals surface area contributed by atoms with Gasteiger partial charge in [0.25, 0.3) is 0 Å². The molecule has 0 saturated carbocycles. The van der Waals surface area contributed by atoms with Crippen LogP contribution in [0.5, 0.6) is 5.75 Å². The molecule has 1 aromatic carbocycles. The molecule has 1 aromatic heterocycles. The third kappa shape index (κ3) is 1.08. The predicted molar refractivity (Wildman–Crippen MR) is 48.1 cm³/mol. The second-order valence-electron chi connectivity index (χ2n) is 2.46. The lowest BCUT2D eigenvalue weighted by Gasteiger charge is -2.02. The Labute approximate surface area is 73.7 Å². The Morgan fingerprint density at radius 1 is 1.25 bits per heavy atom. The molecule has 0 aliphatic rings. The van der Waals surface area contributed by atoms with Crippen LogP contribution in [0.1, 0.15) is 0 Å². The zero-order valence-corrected chi connectivity index (χ0v) is 7.32. The normalized spacial score (nSPS) is 10.1. The Morgan fingerprint density at radius 3 is 3.00 bits per heavy atom. The van der Waals surface area contributed by atoms with E-state index in [1.807, 2.05) is 24.3 Å². The smallest absolute Gasteiger partial charge is 0.341 e. The van der Waals surface area contributed by atoms with E-state index >= 15 is 0 Å². The quantitative estimate of drug-likeness (QED) is 0.611. The summed E-state index contributed by atoms with van der Waals surface area (Å²) in [4.78, 5) is 4.02. The van der Waals surface area contributed by atoms with Crippen LogP contribution in [0, 0.1) is 0 Å². The van der Waals surface area contributed by atoms with Gasteiger partial charge in [-0.1, -0.05) is 12.1 Å². The van der Waals surface area contributed by atoms with Crippen molar-refractivity contribution in [2.24, 2.45) is 0 Å². The standard InChI is InChI=1S/C9H6NOSi/c12-11-9-3-1-2-7-4-5-10-6-8(7)9/h1-6H. The molecule has 0 unspecified atom stereocenters. The van der Waals surface area contributed by atoms with Gasteiger partial charge in [-0.25, -0.2) is 0 Å². The zero-order chi connectivity index (χ0) is 8.39. The fourth-order valence-electron chi connectivity index (χ4n) is 1.17. The molecule has 2 aromatic rings. The van der Waals surface area contributed by atoms with Gasteiger partial charge in [0.05, 0.1) is 0 Å². The van der Waals surface area contributed by atoms with Gasteiger partial charge in [0.2, 0.25) is 0 Å². The van der Waals surface area contributed by atoms with Crippen molar-refractivity contribution in [3.8, 4) is 5.75 Å². The molecule has 2 rings (SSSR count). The number of rotatable bonds is 1. The van der Waals surface area contributed by atoms with E-state index in [2.05, 4.69) is 15.5 Å². The van der Waals surface area contributed by atoms with E-state index in [4.69, 9.17) is 4.43 Å². The van der Waals surface area contributed by atoms with E-state index in [0.29, 0.717) is 0 Å². The molecule has 0 spiro atoms. The van der Waals surface area contributed by atoms with Crippen molar-refractivity contribution < 1.29 is 4.43 Å². The number of aromatic nitrogens is 1. The molecule has 12 heavy (non-hydrogen) atoms. The highest BCUT2D eigenvalue weighted by Crippen LogP contribution is 2.23. The summed E-state index contributed by atoms with van der Waals surface area (Å²) in [6, 6.07) is 7.80. The van der Waals surface area contributed by atoms with Crippen LogP contribution in [0.2, 0.25) is 0 Å². The molecule has 0 bridgehead atoms. The summed E-state index contributed by atoms with van der Waals surface area (Å²) in [5, 5.41) is 2.13. The van der Waals surface area contributed by atoms with Crippen LogP contribution in [0.3, 0.4) is 0 Å². The number of nitrogens with zero attached hydrogens (tertiary/aromatic N) is 1. The van der Waals surface area contributed by atoms with E-state index in [1.54, 1.807) is 12.4 Å². The fraction of sp³-hybridized carbons (Fsp3) is 0. The molecule has 0 saturated heterocycles. The van der Waals surface area contributed by atoms with Crippen LogP contribution in [0.4, 0.5) is 0 Å². The molecule has 57 valence electrons. The average Bonchev–Trinajstić information content (AvgIpc) is 2.17. The number of fused-ring (bicyclic) bond motifs is 1. The van der Waals surface area contributed by atoms with E-state index in [9.17, 15) is 0 Å². The highest BCUT2D eigenvalue weighted by Gasteiger charge is 1.97. The summed E-state index contributed by atoms with van der Waals surface area (Å²) in [6.45, 7) is 0. The van der Waals surface area contributed by atoms with Gasteiger partial charge in [-0.2, -0.15) is 0 Å². The minimum absolute atomic E-state index is 0.789. The maximum Gasteiger partial charge on any atom is 0.341 e. The maximum absolute atomic E-state index is 4.99. The summed E-state index contributed by atoms with van der Waals surface area (Å²) in [5.41, 5.74) is 0. The first-order valence-corrected chi connectivity index (χ1v) is 3.99. The Kier molecular flexibility index (Phi) is 1.79. The molecule has 2 nitrogen and oxygen atoms in total. The first kappa shape index (κ1) is 7.30. The molecule has 0 fully saturated rings. The molecule has 0 aliphatic heterocycles. The van der Waals surface area contributed by atoms with Gasteiger partial charge in [0.15, 0.2) is 0 Å². The lowest BCUT2D eigenvalue weighted by atomic mass is 10.2. The summed E-state index contributed by atoms with van der Waals surface area (Å²) >= 11 is 0. The van der Waals surface area contributed by atoms with Gasteiger partial charge >= 0.3 is 10.5 Å². The van der Waals surface area contributed by atoms with E-state index in [0.717, 1.165) is 16.5 Å². The Balaban J connectivity index is 2.79. The van der Waals surface area contributed by atoms with Crippen LogP contribution in [-0.4, -0.2) is 15.5 Å². The largest absolute Gasteiger partial charge is 0.540 e. The predicted octanol–water partition coefficient (Wildman–Crippen LogP) is 1.70. The molecular weight excluding hydrogens is 166 g/mol. The summed E-state index contributed by atoms with van der Waals surface area (Å²) < 4.78 is 4.99. The van der Waals surface area contributed by atoms with Crippen molar-refractivity contribution in [1.29, 1.82) is 0 Å². The lowest BCUT2D eigenvalue weighted by Crippen LogP contribution is -1.86. The first-order valence-electron chi connectivity index (χ1n) is 3.58. The monoisotopic (exact) mass is 172 g/mol. The molecule has 1 heterocycles. The van der Waals surface area contributed by atoms with Crippen molar-refractivity contribution in [3.63, 3.8) is 0 Å². The summed E-state index contributed by atoms with van der Waals surface area (Å²) in [6.07, 6.45) is 3.55. The average molecular weight is 172 g/mol. The van der Waals surface area contributed by atoms with Gasteiger partial charge in [-0.05, 0) is 17.5 Å². The third-order valence-electron chi connectivity index (χ3n) is 1.75. The molecule has 3 heteroatoms. The minimum Gasteiger partial charge on any atom is -0.540 e. The van der Waals surface area contributed by atoms with Gasteiger partial charge < -0.3 is 4.43 Å². The van der Waals surface area contributed by atoms with Crippen LogP contribution in [-0.2, 0) is 0 Å². The van der Waals surface area contributed by atoms with Crippen LogP contribution in [0.15, 0.2) is 36.7 Å². The highest BCUT2D eigenvalue weighted by atomic mass is 28.2. The highest BCUT2D eigenvalue weighted by molar-refractivity contribution is 6.02. The van der Waals surface area contributed by atoms with Gasteiger partial charge in [-0.15, -0.1) is 0 Å². The Morgan fingerprint density at radius 2 is 2.17 bits per heavy atom. The summed E-state index contributed by atoms with van der Waals surface area (Å²) in [5.74, 6) is 0.789. The summed E-state index contributed by atoms with van der Waals surface area (Å²) in [7, 11) is 3.00. The Bertz CT molecular complexity index is 397.